The zero-order valence-electron chi connectivity index (χ0n) is 10.6. The summed E-state index contributed by atoms with van der Waals surface area (Å²) < 4.78 is 5.00. The fourth-order valence-corrected chi connectivity index (χ4v) is 1.73. The normalized spacial score (nSPS) is 11.7. The summed E-state index contributed by atoms with van der Waals surface area (Å²) in [5.74, 6) is -0.685. The van der Waals surface area contributed by atoms with Crippen LogP contribution in [-0.4, -0.2) is 17.7 Å². The van der Waals surface area contributed by atoms with Gasteiger partial charge in [0.2, 0.25) is 0 Å². The van der Waals surface area contributed by atoms with Crippen LogP contribution in [0.2, 0.25) is 0 Å². The zero-order valence-corrected chi connectivity index (χ0v) is 10.6. The van der Waals surface area contributed by atoms with Crippen LogP contribution in [0.3, 0.4) is 0 Å². The molecule has 0 radical (unpaired) electrons. The third-order valence-corrected chi connectivity index (χ3v) is 2.78. The van der Waals surface area contributed by atoms with Gasteiger partial charge in [0.1, 0.15) is 18.4 Å². The van der Waals surface area contributed by atoms with Crippen LogP contribution in [-0.2, 0) is 4.74 Å². The lowest BCUT2D eigenvalue weighted by atomic mass is 10.1. The molecule has 5 nitrogen and oxygen atoms in total. The first-order chi connectivity index (χ1) is 9.72. The van der Waals surface area contributed by atoms with E-state index in [1.54, 1.807) is 36.4 Å². The molecule has 0 aliphatic heterocycles. The Balaban J connectivity index is 2.00. The number of aliphatic hydroxyl groups is 1. The third-order valence-electron chi connectivity index (χ3n) is 2.78. The minimum atomic E-state index is -0.906. The Morgan fingerprint density at radius 1 is 1.10 bits per heavy atom. The minimum absolute atomic E-state index is 0.0201. The second-order valence-electron chi connectivity index (χ2n) is 4.13. The summed E-state index contributed by atoms with van der Waals surface area (Å²) in [6.07, 6.45) is -0.906. The maximum Gasteiger partial charge on any atom is 0.340 e. The molecular weight excluding hydrogens is 258 g/mol. The molecule has 20 heavy (non-hydrogen) atoms. The molecule has 0 saturated carbocycles. The van der Waals surface area contributed by atoms with Crippen molar-refractivity contribution < 1.29 is 14.6 Å². The molecule has 0 aliphatic carbocycles. The fraction of sp³-hybridized carbons (Fsp3) is 0.133. The van der Waals surface area contributed by atoms with Gasteiger partial charge in [-0.3, -0.25) is 0 Å². The van der Waals surface area contributed by atoms with Crippen LogP contribution in [0.5, 0.6) is 0 Å². The van der Waals surface area contributed by atoms with Crippen molar-refractivity contribution in [2.75, 3.05) is 6.61 Å². The summed E-state index contributed by atoms with van der Waals surface area (Å²) in [5, 5.41) is 12.6. The lowest BCUT2D eigenvalue weighted by molar-refractivity contribution is 0.0255. The van der Waals surface area contributed by atoms with Crippen molar-refractivity contribution in [2.24, 2.45) is 5.18 Å². The van der Waals surface area contributed by atoms with E-state index >= 15 is 0 Å². The van der Waals surface area contributed by atoms with Gasteiger partial charge in [-0.2, -0.15) is 0 Å². The van der Waals surface area contributed by atoms with E-state index in [0.29, 0.717) is 5.56 Å². The van der Waals surface area contributed by atoms with Crippen LogP contribution in [0.1, 0.15) is 22.0 Å². The van der Waals surface area contributed by atoms with E-state index in [9.17, 15) is 14.8 Å². The molecule has 0 aliphatic rings. The molecular formula is C15H13NO4. The highest BCUT2D eigenvalue weighted by molar-refractivity contribution is 5.94. The molecule has 2 aromatic carbocycles. The van der Waals surface area contributed by atoms with E-state index in [4.69, 9.17) is 4.74 Å². The van der Waals surface area contributed by atoms with E-state index in [1.807, 2.05) is 6.07 Å². The predicted octanol–water partition coefficient (Wildman–Crippen LogP) is 2.97. The Morgan fingerprint density at radius 2 is 1.75 bits per heavy atom. The average Bonchev–Trinajstić information content (AvgIpc) is 2.53. The van der Waals surface area contributed by atoms with E-state index in [1.165, 1.54) is 12.1 Å². The smallest absolute Gasteiger partial charge is 0.340 e. The van der Waals surface area contributed by atoms with Crippen LogP contribution >= 0.6 is 0 Å². The van der Waals surface area contributed by atoms with Gasteiger partial charge < -0.3 is 9.84 Å². The van der Waals surface area contributed by atoms with Gasteiger partial charge in [-0.15, -0.1) is 4.91 Å². The van der Waals surface area contributed by atoms with Gasteiger partial charge in [0.15, 0.2) is 0 Å². The molecule has 2 aromatic rings. The van der Waals surface area contributed by atoms with Gasteiger partial charge in [-0.05, 0) is 22.9 Å². The summed E-state index contributed by atoms with van der Waals surface area (Å²) in [4.78, 5) is 22.4. The number of nitroso groups, excluding NO2 is 1. The predicted molar refractivity (Wildman–Crippen MR) is 73.6 cm³/mol. The van der Waals surface area contributed by atoms with Gasteiger partial charge in [0.05, 0.1) is 5.56 Å². The van der Waals surface area contributed by atoms with Crippen molar-refractivity contribution in [1.29, 1.82) is 0 Å². The lowest BCUT2D eigenvalue weighted by Gasteiger charge is -2.11. The number of benzene rings is 2. The fourth-order valence-electron chi connectivity index (χ4n) is 1.73. The molecule has 5 heteroatoms. The second-order valence-corrected chi connectivity index (χ2v) is 4.13. The molecule has 2 rings (SSSR count). The van der Waals surface area contributed by atoms with E-state index < -0.39 is 12.1 Å². The van der Waals surface area contributed by atoms with Crippen molar-refractivity contribution in [1.82, 2.24) is 0 Å². The van der Waals surface area contributed by atoms with Gasteiger partial charge in [0, 0.05) is 0 Å². The van der Waals surface area contributed by atoms with Gasteiger partial charge in [-0.1, -0.05) is 42.5 Å². The first kappa shape index (κ1) is 13.9. The summed E-state index contributed by atoms with van der Waals surface area (Å²) in [6, 6.07) is 15.0. The molecule has 0 heterocycles. The number of nitrogens with zero attached hydrogens (tertiary/aromatic N) is 1. The highest BCUT2D eigenvalue weighted by atomic mass is 16.5. The first-order valence-corrected chi connectivity index (χ1v) is 6.05. The number of hydrogen-bond acceptors (Lipinski definition) is 5. The number of carbonyl (C=O) groups excluding carboxylic acids is 1. The SMILES string of the molecule is O=Nc1ccccc1C(=O)OCC(O)c1ccccc1. The summed E-state index contributed by atoms with van der Waals surface area (Å²) in [5.41, 5.74) is 0.761. The Kier molecular flexibility index (Phi) is 4.57. The second kappa shape index (κ2) is 6.58. The number of hydrogen-bond donors (Lipinski definition) is 1. The minimum Gasteiger partial charge on any atom is -0.459 e. The average molecular weight is 271 g/mol. The third kappa shape index (κ3) is 3.27. The topological polar surface area (TPSA) is 76.0 Å². The number of rotatable bonds is 5. The van der Waals surface area contributed by atoms with E-state index in [2.05, 4.69) is 5.18 Å². The lowest BCUT2D eigenvalue weighted by Crippen LogP contribution is -2.12. The van der Waals surface area contributed by atoms with Gasteiger partial charge in [-0.25, -0.2) is 4.79 Å². The van der Waals surface area contributed by atoms with Gasteiger partial charge >= 0.3 is 5.97 Å². The zero-order chi connectivity index (χ0) is 14.4. The maximum absolute atomic E-state index is 11.8. The molecule has 0 bridgehead atoms. The molecule has 0 saturated heterocycles. The summed E-state index contributed by atoms with van der Waals surface area (Å²) in [7, 11) is 0. The van der Waals surface area contributed by atoms with E-state index in [0.717, 1.165) is 0 Å². The number of aliphatic hydroxyl groups excluding tert-OH is 1. The molecule has 1 N–H and O–H groups in total. The van der Waals surface area contributed by atoms with Crippen LogP contribution in [0.4, 0.5) is 5.69 Å². The molecule has 1 atom stereocenters. The highest BCUT2D eigenvalue weighted by Crippen LogP contribution is 2.20. The van der Waals surface area contributed by atoms with Gasteiger partial charge in [0.25, 0.3) is 0 Å². The van der Waals surface area contributed by atoms with Crippen molar-refractivity contribution in [3.8, 4) is 0 Å². The Morgan fingerprint density at radius 3 is 2.45 bits per heavy atom. The number of ether oxygens (including phenoxy) is 1. The highest BCUT2D eigenvalue weighted by Gasteiger charge is 2.15. The van der Waals surface area contributed by atoms with Crippen LogP contribution in [0.25, 0.3) is 0 Å². The van der Waals surface area contributed by atoms with Crippen LogP contribution in [0, 0.1) is 4.91 Å². The van der Waals surface area contributed by atoms with Crippen molar-refractivity contribution in [3.05, 3.63) is 70.6 Å². The molecule has 0 fully saturated rings. The monoisotopic (exact) mass is 271 g/mol. The maximum atomic E-state index is 11.8. The van der Waals surface area contributed by atoms with Crippen LogP contribution in [0.15, 0.2) is 59.8 Å². The van der Waals surface area contributed by atoms with Crippen molar-refractivity contribution in [3.63, 3.8) is 0 Å². The standard InChI is InChI=1S/C15H13NO4/c17-14(11-6-2-1-3-7-11)10-20-15(18)12-8-4-5-9-13(12)16-19/h1-9,14,17H,10H2. The summed E-state index contributed by atoms with van der Waals surface area (Å²) >= 11 is 0. The largest absolute Gasteiger partial charge is 0.459 e. The Bertz CT molecular complexity index is 598. The summed E-state index contributed by atoms with van der Waals surface area (Å²) in [6.45, 7) is -0.184. The first-order valence-electron chi connectivity index (χ1n) is 6.05. The molecule has 102 valence electrons. The molecule has 1 unspecified atom stereocenters. The molecule has 0 amide bonds. The van der Waals surface area contributed by atoms with Crippen LogP contribution < -0.4 is 0 Å². The molecule has 0 aromatic heterocycles. The number of carbonyl (C=O) groups is 1. The number of esters is 1. The Labute approximate surface area is 115 Å². The van der Waals surface area contributed by atoms with Crippen molar-refractivity contribution >= 4 is 11.7 Å². The van der Waals surface area contributed by atoms with Crippen molar-refractivity contribution in [2.45, 2.75) is 6.10 Å². The Hall–Kier alpha value is -2.53. The molecule has 0 spiro atoms. The quantitative estimate of drug-likeness (QED) is 0.670. The van der Waals surface area contributed by atoms with E-state index in [-0.39, 0.29) is 17.9 Å².